The molecule has 0 unspecified atom stereocenters. The molecule has 0 radical (unpaired) electrons. The predicted molar refractivity (Wildman–Crippen MR) is 98.6 cm³/mol. The Balaban J connectivity index is 1.88. The molecule has 3 nitrogen and oxygen atoms in total. The van der Waals surface area contributed by atoms with E-state index in [0.717, 1.165) is 60.5 Å². The van der Waals surface area contributed by atoms with Gasteiger partial charge >= 0.3 is 0 Å². The monoisotopic (exact) mass is 322 g/mol. The molecule has 24 heavy (non-hydrogen) atoms. The highest BCUT2D eigenvalue weighted by Gasteiger charge is 2.20. The molecule has 0 saturated carbocycles. The van der Waals surface area contributed by atoms with Gasteiger partial charge < -0.3 is 4.90 Å². The lowest BCUT2D eigenvalue weighted by Gasteiger charge is -2.32. The van der Waals surface area contributed by atoms with Gasteiger partial charge in [0, 0.05) is 43.9 Å². The van der Waals surface area contributed by atoms with Crippen LogP contribution in [0.3, 0.4) is 0 Å². The van der Waals surface area contributed by atoms with Gasteiger partial charge in [0.2, 0.25) is 0 Å². The Labute approximate surface area is 144 Å². The van der Waals surface area contributed by atoms with Crippen LogP contribution in [0.1, 0.15) is 32.6 Å². The summed E-state index contributed by atoms with van der Waals surface area (Å²) in [5.74, 6) is 0.148. The summed E-state index contributed by atoms with van der Waals surface area (Å²) in [5, 5.41) is 0. The summed E-state index contributed by atoms with van der Waals surface area (Å²) in [7, 11) is 2.16. The lowest BCUT2D eigenvalue weighted by atomic mass is 9.92. The van der Waals surface area contributed by atoms with Gasteiger partial charge in [0.15, 0.2) is 5.78 Å². The first-order chi connectivity index (χ1) is 11.6. The second-order valence-corrected chi connectivity index (χ2v) is 6.83. The Morgan fingerprint density at radius 2 is 1.54 bits per heavy atom. The number of rotatable bonds is 4. The molecule has 1 heterocycles. The third kappa shape index (κ3) is 3.58. The zero-order chi connectivity index (χ0) is 17.1. The maximum Gasteiger partial charge on any atom is 0.193 e. The van der Waals surface area contributed by atoms with Gasteiger partial charge in [-0.3, -0.25) is 9.69 Å². The van der Waals surface area contributed by atoms with Crippen molar-refractivity contribution in [2.45, 2.75) is 20.4 Å². The number of aryl methyl sites for hydroxylation is 2. The average molecular weight is 322 g/mol. The molecule has 0 aromatic heterocycles. The number of piperazine rings is 1. The molecule has 2 aromatic rings. The second-order valence-electron chi connectivity index (χ2n) is 6.83. The van der Waals surface area contributed by atoms with Gasteiger partial charge in [-0.1, -0.05) is 42.5 Å². The fraction of sp³-hybridized carbons (Fsp3) is 0.381. The van der Waals surface area contributed by atoms with Crippen LogP contribution in [0.5, 0.6) is 0 Å². The molecular weight excluding hydrogens is 296 g/mol. The van der Waals surface area contributed by atoms with E-state index in [4.69, 9.17) is 0 Å². The maximum atomic E-state index is 13.2. The van der Waals surface area contributed by atoms with Crippen LogP contribution in [0.15, 0.2) is 42.5 Å². The molecule has 0 amide bonds. The Bertz CT molecular complexity index is 710. The van der Waals surface area contributed by atoms with Crippen LogP contribution in [-0.2, 0) is 6.54 Å². The molecule has 1 aliphatic rings. The van der Waals surface area contributed by atoms with Crippen molar-refractivity contribution in [2.24, 2.45) is 0 Å². The fourth-order valence-corrected chi connectivity index (χ4v) is 3.43. The Hall–Kier alpha value is -1.97. The van der Waals surface area contributed by atoms with Crippen molar-refractivity contribution in [3.63, 3.8) is 0 Å². The third-order valence-corrected chi connectivity index (χ3v) is 4.96. The van der Waals surface area contributed by atoms with E-state index >= 15 is 0 Å². The number of hydrogen-bond acceptors (Lipinski definition) is 3. The summed E-state index contributed by atoms with van der Waals surface area (Å²) in [6, 6.07) is 14.1. The molecule has 126 valence electrons. The van der Waals surface area contributed by atoms with Gasteiger partial charge in [0.05, 0.1) is 0 Å². The maximum absolute atomic E-state index is 13.2. The summed E-state index contributed by atoms with van der Waals surface area (Å²) >= 11 is 0. The molecular formula is C21H26N2O. The molecule has 0 spiro atoms. The van der Waals surface area contributed by atoms with E-state index in [1.807, 2.05) is 50.2 Å². The molecule has 0 atom stereocenters. The summed E-state index contributed by atoms with van der Waals surface area (Å²) < 4.78 is 0. The van der Waals surface area contributed by atoms with Crippen molar-refractivity contribution in [2.75, 3.05) is 33.2 Å². The minimum absolute atomic E-state index is 0.148. The number of likely N-dealkylation sites (N-methyl/N-ethyl adjacent to an activating group) is 1. The first-order valence-corrected chi connectivity index (χ1v) is 8.66. The van der Waals surface area contributed by atoms with E-state index in [0.29, 0.717) is 0 Å². The van der Waals surface area contributed by atoms with Crippen LogP contribution in [0.4, 0.5) is 0 Å². The minimum Gasteiger partial charge on any atom is -0.304 e. The number of carbonyl (C=O) groups is 1. The lowest BCUT2D eigenvalue weighted by molar-refractivity contribution is 0.103. The molecule has 0 N–H and O–H groups in total. The zero-order valence-corrected chi connectivity index (χ0v) is 14.9. The lowest BCUT2D eigenvalue weighted by Crippen LogP contribution is -2.44. The number of carbonyl (C=O) groups excluding carboxylic acids is 1. The fourth-order valence-electron chi connectivity index (χ4n) is 3.43. The van der Waals surface area contributed by atoms with Crippen molar-refractivity contribution in [3.8, 4) is 0 Å². The number of nitrogens with zero attached hydrogens (tertiary/aromatic N) is 2. The van der Waals surface area contributed by atoms with E-state index in [9.17, 15) is 4.79 Å². The van der Waals surface area contributed by atoms with Crippen LogP contribution in [0.25, 0.3) is 0 Å². The minimum atomic E-state index is 0.148. The predicted octanol–water partition coefficient (Wildman–Crippen LogP) is 3.28. The third-order valence-electron chi connectivity index (χ3n) is 4.96. The van der Waals surface area contributed by atoms with Crippen LogP contribution in [-0.4, -0.2) is 48.8 Å². The average Bonchev–Trinajstić information content (AvgIpc) is 2.57. The molecule has 1 saturated heterocycles. The highest BCUT2D eigenvalue weighted by Crippen LogP contribution is 2.21. The largest absolute Gasteiger partial charge is 0.304 e. The smallest absolute Gasteiger partial charge is 0.193 e. The summed E-state index contributed by atoms with van der Waals surface area (Å²) in [4.78, 5) is 18.0. The van der Waals surface area contributed by atoms with Crippen molar-refractivity contribution in [1.29, 1.82) is 0 Å². The molecule has 0 bridgehead atoms. The van der Waals surface area contributed by atoms with E-state index in [1.165, 1.54) is 0 Å². The Kier molecular flexibility index (Phi) is 5.12. The SMILES string of the molecule is Cc1cccc(C)c1C(=O)c1ccccc1CN1CCN(C)CC1. The van der Waals surface area contributed by atoms with Crippen molar-refractivity contribution in [1.82, 2.24) is 9.80 Å². The topological polar surface area (TPSA) is 23.6 Å². The van der Waals surface area contributed by atoms with Crippen molar-refractivity contribution in [3.05, 3.63) is 70.3 Å². The summed E-state index contributed by atoms with van der Waals surface area (Å²) in [6.45, 7) is 9.18. The first kappa shape index (κ1) is 16.9. The number of ketones is 1. The van der Waals surface area contributed by atoms with Crippen LogP contribution in [0.2, 0.25) is 0 Å². The zero-order valence-electron chi connectivity index (χ0n) is 14.9. The van der Waals surface area contributed by atoms with E-state index < -0.39 is 0 Å². The second kappa shape index (κ2) is 7.29. The van der Waals surface area contributed by atoms with Gasteiger partial charge in [-0.15, -0.1) is 0 Å². The Morgan fingerprint density at radius 1 is 0.917 bits per heavy atom. The van der Waals surface area contributed by atoms with Gasteiger partial charge in [-0.25, -0.2) is 0 Å². The molecule has 1 aliphatic heterocycles. The van der Waals surface area contributed by atoms with Crippen molar-refractivity contribution >= 4 is 5.78 Å². The highest BCUT2D eigenvalue weighted by molar-refractivity contribution is 6.11. The quantitative estimate of drug-likeness (QED) is 0.807. The standard InChI is InChI=1S/C21H26N2O/c1-16-7-6-8-17(2)20(16)21(24)19-10-5-4-9-18(19)15-23-13-11-22(3)12-14-23/h4-10H,11-15H2,1-3H3. The molecule has 0 aliphatic carbocycles. The van der Waals surface area contributed by atoms with Crippen LogP contribution < -0.4 is 0 Å². The highest BCUT2D eigenvalue weighted by atomic mass is 16.1. The van der Waals surface area contributed by atoms with Crippen LogP contribution >= 0.6 is 0 Å². The first-order valence-electron chi connectivity index (χ1n) is 8.66. The van der Waals surface area contributed by atoms with Gasteiger partial charge in [-0.05, 0) is 37.6 Å². The van der Waals surface area contributed by atoms with Gasteiger partial charge in [0.25, 0.3) is 0 Å². The van der Waals surface area contributed by atoms with Crippen molar-refractivity contribution < 1.29 is 4.79 Å². The number of hydrogen-bond donors (Lipinski definition) is 0. The number of benzene rings is 2. The Morgan fingerprint density at radius 3 is 2.21 bits per heavy atom. The van der Waals surface area contributed by atoms with Gasteiger partial charge in [0.1, 0.15) is 0 Å². The molecule has 2 aromatic carbocycles. The van der Waals surface area contributed by atoms with E-state index in [1.54, 1.807) is 0 Å². The van der Waals surface area contributed by atoms with Crippen LogP contribution in [0, 0.1) is 13.8 Å². The summed E-state index contributed by atoms with van der Waals surface area (Å²) in [6.07, 6.45) is 0. The molecule has 3 heteroatoms. The van der Waals surface area contributed by atoms with Gasteiger partial charge in [-0.2, -0.15) is 0 Å². The molecule has 1 fully saturated rings. The normalized spacial score (nSPS) is 16.3. The van der Waals surface area contributed by atoms with E-state index in [2.05, 4.69) is 22.9 Å². The van der Waals surface area contributed by atoms with E-state index in [-0.39, 0.29) is 5.78 Å². The molecule has 3 rings (SSSR count). The summed E-state index contributed by atoms with van der Waals surface area (Å²) in [5.41, 5.74) is 4.93.